The molecular weight excluding hydrogens is 262 g/mol. The number of aromatic nitrogens is 2. The highest BCUT2D eigenvalue weighted by molar-refractivity contribution is 6.30. The molecule has 0 spiro atoms. The number of hydrogen-bond acceptors (Lipinski definition) is 3. The third-order valence-corrected chi connectivity index (χ3v) is 3.28. The summed E-state index contributed by atoms with van der Waals surface area (Å²) in [6.07, 6.45) is 5.84. The van der Waals surface area contributed by atoms with Crippen LogP contribution in [0.2, 0.25) is 5.02 Å². The molecule has 1 aliphatic heterocycles. The van der Waals surface area contributed by atoms with Crippen molar-refractivity contribution in [2.24, 2.45) is 0 Å². The number of carbonyl (C=O) groups is 1. The zero-order valence-corrected chi connectivity index (χ0v) is 11.7. The average Bonchev–Trinajstić information content (AvgIpc) is 2.45. The quantitative estimate of drug-likeness (QED) is 0.740. The molecule has 1 aromatic heterocycles. The van der Waals surface area contributed by atoms with Gasteiger partial charge in [0, 0.05) is 37.8 Å². The molecule has 1 saturated heterocycles. The standard InChI is InChI=1S/C14H16ClN3O/c1-2-3-6-13(19)18-7-4-5-11(10-18)14-16-8-12(15)9-17-14/h8-9,11H,2,4-5,7,10H2,1H3. The van der Waals surface area contributed by atoms with E-state index in [1.807, 2.05) is 6.92 Å². The lowest BCUT2D eigenvalue weighted by molar-refractivity contribution is -0.126. The molecule has 1 aromatic rings. The Hall–Kier alpha value is -1.60. The molecule has 1 amide bonds. The minimum Gasteiger partial charge on any atom is -0.331 e. The van der Waals surface area contributed by atoms with Gasteiger partial charge in [-0.1, -0.05) is 24.4 Å². The summed E-state index contributed by atoms with van der Waals surface area (Å²) in [5.41, 5.74) is 0. The highest BCUT2D eigenvalue weighted by Gasteiger charge is 2.25. The molecule has 1 atom stereocenters. The van der Waals surface area contributed by atoms with Crippen molar-refractivity contribution in [2.75, 3.05) is 13.1 Å². The number of hydrogen-bond donors (Lipinski definition) is 0. The average molecular weight is 278 g/mol. The summed E-state index contributed by atoms with van der Waals surface area (Å²) in [6, 6.07) is 0. The first kappa shape index (κ1) is 13.8. The molecule has 100 valence electrons. The van der Waals surface area contributed by atoms with E-state index >= 15 is 0 Å². The second-order valence-electron chi connectivity index (χ2n) is 4.51. The van der Waals surface area contributed by atoms with Gasteiger partial charge in [-0.2, -0.15) is 0 Å². The SMILES string of the molecule is CCC#CC(=O)N1CCCC(c2ncc(Cl)cn2)C1. The van der Waals surface area contributed by atoms with Gasteiger partial charge in [-0.15, -0.1) is 0 Å². The van der Waals surface area contributed by atoms with Gasteiger partial charge in [0.1, 0.15) is 5.82 Å². The maximum atomic E-state index is 11.9. The maximum absolute atomic E-state index is 11.9. The van der Waals surface area contributed by atoms with Crippen molar-refractivity contribution in [3.63, 3.8) is 0 Å². The van der Waals surface area contributed by atoms with Crippen LogP contribution in [0.15, 0.2) is 12.4 Å². The van der Waals surface area contributed by atoms with Crippen molar-refractivity contribution < 1.29 is 4.79 Å². The fraction of sp³-hybridized carbons (Fsp3) is 0.500. The normalized spacial score (nSPS) is 18.6. The van der Waals surface area contributed by atoms with E-state index in [1.54, 1.807) is 17.3 Å². The van der Waals surface area contributed by atoms with Crippen molar-refractivity contribution >= 4 is 17.5 Å². The Bertz CT molecular complexity index is 504. The number of halogens is 1. The zero-order chi connectivity index (χ0) is 13.7. The molecule has 1 unspecified atom stereocenters. The first-order chi connectivity index (χ1) is 9.20. The van der Waals surface area contributed by atoms with Gasteiger partial charge in [0.05, 0.1) is 5.02 Å². The van der Waals surface area contributed by atoms with Crippen LogP contribution in [0.3, 0.4) is 0 Å². The molecular formula is C14H16ClN3O. The van der Waals surface area contributed by atoms with E-state index in [9.17, 15) is 4.79 Å². The molecule has 1 fully saturated rings. The summed E-state index contributed by atoms with van der Waals surface area (Å²) in [7, 11) is 0. The van der Waals surface area contributed by atoms with Crippen LogP contribution in [0.4, 0.5) is 0 Å². The van der Waals surface area contributed by atoms with Gasteiger partial charge in [-0.05, 0) is 18.8 Å². The number of piperidine rings is 1. The van der Waals surface area contributed by atoms with Crippen LogP contribution < -0.4 is 0 Å². The summed E-state index contributed by atoms with van der Waals surface area (Å²) in [5.74, 6) is 6.31. The molecule has 0 aromatic carbocycles. The largest absolute Gasteiger partial charge is 0.331 e. The zero-order valence-electron chi connectivity index (χ0n) is 10.9. The lowest BCUT2D eigenvalue weighted by Gasteiger charge is -2.30. The van der Waals surface area contributed by atoms with Crippen LogP contribution >= 0.6 is 11.6 Å². The van der Waals surface area contributed by atoms with Gasteiger partial charge in [0.25, 0.3) is 5.91 Å². The van der Waals surface area contributed by atoms with E-state index < -0.39 is 0 Å². The molecule has 0 N–H and O–H groups in total. The Morgan fingerprint density at radius 2 is 2.26 bits per heavy atom. The monoisotopic (exact) mass is 277 g/mol. The number of amides is 1. The van der Waals surface area contributed by atoms with E-state index in [2.05, 4.69) is 21.8 Å². The van der Waals surface area contributed by atoms with Gasteiger partial charge in [0.2, 0.25) is 0 Å². The summed E-state index contributed by atoms with van der Waals surface area (Å²) in [4.78, 5) is 22.1. The second kappa shape index (κ2) is 6.53. The minimum absolute atomic E-state index is 0.0967. The summed E-state index contributed by atoms with van der Waals surface area (Å²) in [5, 5.41) is 0.529. The highest BCUT2D eigenvalue weighted by Crippen LogP contribution is 2.24. The molecule has 0 saturated carbocycles. The van der Waals surface area contributed by atoms with Crippen LogP contribution in [-0.2, 0) is 4.79 Å². The van der Waals surface area contributed by atoms with Crippen molar-refractivity contribution in [3.05, 3.63) is 23.2 Å². The number of likely N-dealkylation sites (tertiary alicyclic amines) is 1. The predicted octanol–water partition coefficient (Wildman–Crippen LogP) is 2.25. The fourth-order valence-electron chi connectivity index (χ4n) is 2.15. The van der Waals surface area contributed by atoms with Crippen LogP contribution in [0.25, 0.3) is 0 Å². The van der Waals surface area contributed by atoms with E-state index in [-0.39, 0.29) is 11.8 Å². The van der Waals surface area contributed by atoms with Crippen LogP contribution in [0.5, 0.6) is 0 Å². The predicted molar refractivity (Wildman–Crippen MR) is 73.7 cm³/mol. The number of rotatable bonds is 1. The summed E-state index contributed by atoms with van der Waals surface area (Å²) < 4.78 is 0. The summed E-state index contributed by atoms with van der Waals surface area (Å²) >= 11 is 5.78. The van der Waals surface area contributed by atoms with Crippen LogP contribution in [-0.4, -0.2) is 33.9 Å². The van der Waals surface area contributed by atoms with Gasteiger partial charge in [-0.25, -0.2) is 9.97 Å². The maximum Gasteiger partial charge on any atom is 0.298 e. The lowest BCUT2D eigenvalue weighted by atomic mass is 9.97. The van der Waals surface area contributed by atoms with Gasteiger partial charge < -0.3 is 4.90 Å². The van der Waals surface area contributed by atoms with Crippen LogP contribution in [0, 0.1) is 11.8 Å². The van der Waals surface area contributed by atoms with Crippen molar-refractivity contribution in [2.45, 2.75) is 32.1 Å². The Kier molecular flexibility index (Phi) is 4.75. The topological polar surface area (TPSA) is 46.1 Å². The minimum atomic E-state index is -0.0967. The Labute approximate surface area is 118 Å². The first-order valence-corrected chi connectivity index (χ1v) is 6.83. The third-order valence-electron chi connectivity index (χ3n) is 3.09. The lowest BCUT2D eigenvalue weighted by Crippen LogP contribution is -2.38. The second-order valence-corrected chi connectivity index (χ2v) is 4.94. The van der Waals surface area contributed by atoms with E-state index in [4.69, 9.17) is 11.6 Å². The molecule has 5 heteroatoms. The highest BCUT2D eigenvalue weighted by atomic mass is 35.5. The molecule has 4 nitrogen and oxygen atoms in total. The van der Waals surface area contributed by atoms with Gasteiger partial charge in [-0.3, -0.25) is 4.79 Å². The molecule has 0 aliphatic carbocycles. The van der Waals surface area contributed by atoms with Gasteiger partial charge >= 0.3 is 0 Å². The van der Waals surface area contributed by atoms with E-state index in [1.165, 1.54) is 0 Å². The Morgan fingerprint density at radius 3 is 2.95 bits per heavy atom. The molecule has 0 bridgehead atoms. The Morgan fingerprint density at radius 1 is 1.53 bits per heavy atom. The fourth-order valence-corrected chi connectivity index (χ4v) is 2.25. The van der Waals surface area contributed by atoms with Crippen molar-refractivity contribution in [3.8, 4) is 11.8 Å². The summed E-state index contributed by atoms with van der Waals surface area (Å²) in [6.45, 7) is 3.33. The number of nitrogens with zero attached hydrogens (tertiary/aromatic N) is 3. The molecule has 1 aliphatic rings. The molecule has 19 heavy (non-hydrogen) atoms. The first-order valence-electron chi connectivity index (χ1n) is 6.46. The van der Waals surface area contributed by atoms with Gasteiger partial charge in [0.15, 0.2) is 0 Å². The Balaban J connectivity index is 2.04. The van der Waals surface area contributed by atoms with Crippen molar-refractivity contribution in [1.82, 2.24) is 14.9 Å². The molecule has 0 radical (unpaired) electrons. The van der Waals surface area contributed by atoms with Crippen molar-refractivity contribution in [1.29, 1.82) is 0 Å². The third kappa shape index (κ3) is 3.68. The van der Waals surface area contributed by atoms with Crippen LogP contribution in [0.1, 0.15) is 37.9 Å². The number of carbonyl (C=O) groups excluding carboxylic acids is 1. The molecule has 2 rings (SSSR count). The van der Waals surface area contributed by atoms with E-state index in [0.29, 0.717) is 18.0 Å². The smallest absolute Gasteiger partial charge is 0.298 e. The van der Waals surface area contributed by atoms with E-state index in [0.717, 1.165) is 25.2 Å². The molecule has 2 heterocycles.